The number of rotatable bonds is 0. The van der Waals surface area contributed by atoms with Crippen LogP contribution in [0.5, 0.6) is 0 Å². The summed E-state index contributed by atoms with van der Waals surface area (Å²) in [6, 6.07) is 0. The smallest absolute Gasteiger partial charge is 0.358 e. The van der Waals surface area contributed by atoms with Gasteiger partial charge in [0.2, 0.25) is 0 Å². The fourth-order valence-corrected chi connectivity index (χ4v) is 2.39. The molecule has 0 spiro atoms. The summed E-state index contributed by atoms with van der Waals surface area (Å²) in [4.78, 5) is 0. The molecule has 0 amide bonds. The standard InChI is InChI=1S/C10H20.3CH3.Ti/c1-6-7(2)9(4)10(5)8(6)3;;;;/h6-10H,1-5H3;3*1H3;/q;3*-1;+3. The van der Waals surface area contributed by atoms with Crippen molar-refractivity contribution in [3.63, 3.8) is 0 Å². The van der Waals surface area contributed by atoms with E-state index in [0.717, 1.165) is 29.6 Å². The molecule has 85 valence electrons. The molecule has 0 bridgehead atoms. The van der Waals surface area contributed by atoms with Crippen molar-refractivity contribution in [2.45, 2.75) is 34.6 Å². The van der Waals surface area contributed by atoms with Gasteiger partial charge in [-0.25, -0.2) is 0 Å². The Morgan fingerprint density at radius 2 is 0.500 bits per heavy atom. The summed E-state index contributed by atoms with van der Waals surface area (Å²) in [5.41, 5.74) is 0. The molecule has 1 rings (SSSR count). The summed E-state index contributed by atoms with van der Waals surface area (Å²) in [7, 11) is 0. The molecule has 0 nitrogen and oxygen atoms in total. The van der Waals surface area contributed by atoms with Gasteiger partial charge in [-0.3, -0.25) is 0 Å². The quantitative estimate of drug-likeness (QED) is 0.426. The van der Waals surface area contributed by atoms with Crippen molar-refractivity contribution < 1.29 is 21.7 Å². The predicted molar refractivity (Wildman–Crippen MR) is 65.1 cm³/mol. The van der Waals surface area contributed by atoms with Crippen LogP contribution in [0.2, 0.25) is 0 Å². The summed E-state index contributed by atoms with van der Waals surface area (Å²) >= 11 is 0. The molecule has 1 fully saturated rings. The van der Waals surface area contributed by atoms with Crippen LogP contribution in [-0.2, 0) is 21.7 Å². The molecule has 1 saturated carbocycles. The molecule has 1 aliphatic rings. The maximum Gasteiger partial charge on any atom is 3.00 e. The van der Waals surface area contributed by atoms with E-state index in [1.807, 2.05) is 0 Å². The molecule has 0 unspecified atom stereocenters. The normalized spacial score (nSPS) is 39.6. The summed E-state index contributed by atoms with van der Waals surface area (Å²) in [5, 5.41) is 0. The van der Waals surface area contributed by atoms with E-state index < -0.39 is 0 Å². The van der Waals surface area contributed by atoms with Crippen LogP contribution in [0, 0.1) is 51.9 Å². The fraction of sp³-hybridized carbons (Fsp3) is 0.769. The van der Waals surface area contributed by atoms with Crippen molar-refractivity contribution in [3.8, 4) is 0 Å². The first-order valence-electron chi connectivity index (χ1n) is 4.55. The van der Waals surface area contributed by atoms with Gasteiger partial charge < -0.3 is 22.3 Å². The molecule has 1 radical (unpaired) electrons. The minimum Gasteiger partial charge on any atom is -0.358 e. The van der Waals surface area contributed by atoms with E-state index in [1.165, 1.54) is 0 Å². The summed E-state index contributed by atoms with van der Waals surface area (Å²) in [5.74, 6) is 4.68. The maximum absolute atomic E-state index is 2.40. The van der Waals surface area contributed by atoms with Crippen molar-refractivity contribution in [2.24, 2.45) is 29.6 Å². The maximum atomic E-state index is 2.40. The van der Waals surface area contributed by atoms with Crippen LogP contribution < -0.4 is 0 Å². The van der Waals surface area contributed by atoms with Crippen molar-refractivity contribution in [3.05, 3.63) is 22.3 Å². The Morgan fingerprint density at radius 3 is 0.571 bits per heavy atom. The van der Waals surface area contributed by atoms with Crippen molar-refractivity contribution >= 4 is 0 Å². The second-order valence-electron chi connectivity index (χ2n) is 4.30. The van der Waals surface area contributed by atoms with E-state index in [4.69, 9.17) is 0 Å². The molecule has 0 aromatic carbocycles. The van der Waals surface area contributed by atoms with Crippen LogP contribution in [0.3, 0.4) is 0 Å². The largest absolute Gasteiger partial charge is 3.00 e. The molecular formula is C13H29Ti. The van der Waals surface area contributed by atoms with Crippen LogP contribution >= 0.6 is 0 Å². The van der Waals surface area contributed by atoms with Crippen molar-refractivity contribution in [1.29, 1.82) is 0 Å². The monoisotopic (exact) mass is 233 g/mol. The van der Waals surface area contributed by atoms with E-state index in [0.29, 0.717) is 0 Å². The van der Waals surface area contributed by atoms with E-state index in [9.17, 15) is 0 Å². The van der Waals surface area contributed by atoms with E-state index >= 15 is 0 Å². The summed E-state index contributed by atoms with van der Waals surface area (Å²) in [6.07, 6.45) is 0. The van der Waals surface area contributed by atoms with Gasteiger partial charge in [0.25, 0.3) is 0 Å². The van der Waals surface area contributed by atoms with Gasteiger partial charge in [0, 0.05) is 0 Å². The Morgan fingerprint density at radius 1 is 0.429 bits per heavy atom. The van der Waals surface area contributed by atoms with Crippen LogP contribution in [0.1, 0.15) is 34.6 Å². The third-order valence-electron chi connectivity index (χ3n) is 4.15. The SMILES string of the molecule is CC1C(C)C(C)C(C)C1C.[CH3-].[CH3-].[CH3-].[Ti+3]. The zero-order valence-corrected chi connectivity index (χ0v) is 12.9. The Balaban J connectivity index is -0.000000125. The molecule has 0 saturated heterocycles. The molecule has 0 aromatic rings. The Kier molecular flexibility index (Phi) is 15.5. The van der Waals surface area contributed by atoms with Gasteiger partial charge in [-0.2, -0.15) is 0 Å². The molecule has 0 atom stereocenters. The Labute approximate surface area is 108 Å². The second-order valence-corrected chi connectivity index (χ2v) is 4.30. The van der Waals surface area contributed by atoms with Crippen LogP contribution in [-0.4, -0.2) is 0 Å². The topological polar surface area (TPSA) is 0 Å². The first kappa shape index (κ1) is 24.1. The first-order chi connectivity index (χ1) is 4.55. The summed E-state index contributed by atoms with van der Waals surface area (Å²) in [6.45, 7) is 12.0. The van der Waals surface area contributed by atoms with E-state index in [2.05, 4.69) is 34.6 Å². The zero-order chi connectivity index (χ0) is 7.89. The minimum absolute atomic E-state index is 0. The second kappa shape index (κ2) is 8.98. The number of hydrogen-bond donors (Lipinski definition) is 0. The summed E-state index contributed by atoms with van der Waals surface area (Å²) < 4.78 is 0. The average Bonchev–Trinajstić information content (AvgIpc) is 2.07. The first-order valence-corrected chi connectivity index (χ1v) is 4.55. The van der Waals surface area contributed by atoms with E-state index in [1.54, 1.807) is 0 Å². The molecule has 14 heavy (non-hydrogen) atoms. The van der Waals surface area contributed by atoms with Gasteiger partial charge in [-0.05, 0) is 29.6 Å². The van der Waals surface area contributed by atoms with Gasteiger partial charge in [-0.1, -0.05) is 34.6 Å². The Bertz CT molecular complexity index is 77.6. The number of hydrogen-bond acceptors (Lipinski definition) is 0. The molecule has 0 N–H and O–H groups in total. The zero-order valence-electron chi connectivity index (χ0n) is 11.4. The third kappa shape index (κ3) is 4.07. The van der Waals surface area contributed by atoms with Crippen LogP contribution in [0.15, 0.2) is 0 Å². The molecular weight excluding hydrogens is 204 g/mol. The molecule has 0 heterocycles. The Hall–Kier alpha value is 0.714. The molecule has 1 aliphatic carbocycles. The van der Waals surface area contributed by atoms with E-state index in [-0.39, 0.29) is 44.0 Å². The van der Waals surface area contributed by atoms with Gasteiger partial charge in [0.15, 0.2) is 0 Å². The van der Waals surface area contributed by atoms with Crippen LogP contribution in [0.4, 0.5) is 0 Å². The van der Waals surface area contributed by atoms with Crippen molar-refractivity contribution in [1.82, 2.24) is 0 Å². The molecule has 0 aromatic heterocycles. The third-order valence-corrected chi connectivity index (χ3v) is 4.15. The van der Waals surface area contributed by atoms with Gasteiger partial charge in [-0.15, -0.1) is 0 Å². The molecule has 1 heteroatoms. The molecule has 0 aliphatic heterocycles. The minimum atomic E-state index is 0. The van der Waals surface area contributed by atoms with Crippen molar-refractivity contribution in [2.75, 3.05) is 0 Å². The van der Waals surface area contributed by atoms with Gasteiger partial charge >= 0.3 is 21.7 Å². The average molecular weight is 233 g/mol. The fourth-order valence-electron chi connectivity index (χ4n) is 2.39. The van der Waals surface area contributed by atoms with Gasteiger partial charge in [0.1, 0.15) is 0 Å². The van der Waals surface area contributed by atoms with Gasteiger partial charge in [0.05, 0.1) is 0 Å². The predicted octanol–water partition coefficient (Wildman–Crippen LogP) is 4.53. The van der Waals surface area contributed by atoms with Crippen LogP contribution in [0.25, 0.3) is 0 Å².